The Morgan fingerprint density at radius 3 is 2.90 bits per heavy atom. The summed E-state index contributed by atoms with van der Waals surface area (Å²) in [6.45, 7) is 3.45. The van der Waals surface area contributed by atoms with Crippen molar-refractivity contribution < 1.29 is 9.90 Å². The second-order valence-electron chi connectivity index (χ2n) is 1.77. The maximum Gasteiger partial charge on any atom is 0.338 e. The third kappa shape index (κ3) is 1.15. The topological polar surface area (TPSA) is 55.1 Å². The van der Waals surface area contributed by atoms with E-state index in [1.165, 1.54) is 17.1 Å². The molecule has 0 unspecified atom stereocenters. The number of aromatic nitrogens is 2. The molecule has 1 N–H and O–H groups in total. The molecule has 0 aromatic carbocycles. The summed E-state index contributed by atoms with van der Waals surface area (Å²) in [5.41, 5.74) is 0.207. The summed E-state index contributed by atoms with van der Waals surface area (Å²) in [5.74, 6) is -0.951. The number of carboxylic acid groups (broad SMARTS) is 1. The normalized spacial score (nSPS) is 9.70. The van der Waals surface area contributed by atoms with Gasteiger partial charge < -0.3 is 5.11 Å². The predicted octanol–water partition coefficient (Wildman–Crippen LogP) is 0.611. The van der Waals surface area contributed by atoms with E-state index < -0.39 is 5.97 Å². The molecule has 1 aromatic rings. The first-order valence-electron chi connectivity index (χ1n) is 2.81. The van der Waals surface area contributed by atoms with E-state index in [4.69, 9.17) is 5.11 Å². The van der Waals surface area contributed by atoms with Gasteiger partial charge in [-0.3, -0.25) is 4.68 Å². The van der Waals surface area contributed by atoms with E-state index in [0.29, 0.717) is 0 Å². The Morgan fingerprint density at radius 1 is 1.90 bits per heavy atom. The van der Waals surface area contributed by atoms with Crippen LogP contribution in [0, 0.1) is 6.54 Å². The lowest BCUT2D eigenvalue weighted by Gasteiger charge is -1.88. The molecule has 0 aliphatic rings. The van der Waals surface area contributed by atoms with Crippen molar-refractivity contribution in [1.82, 2.24) is 9.78 Å². The van der Waals surface area contributed by atoms with Crippen molar-refractivity contribution in [3.8, 4) is 0 Å². The second-order valence-corrected chi connectivity index (χ2v) is 1.77. The van der Waals surface area contributed by atoms with Crippen LogP contribution in [0.4, 0.5) is 0 Å². The molecule has 10 heavy (non-hydrogen) atoms. The molecule has 0 bridgehead atoms. The number of carboxylic acids is 1. The fraction of sp³-hybridized carbons (Fsp3) is 0.167. The van der Waals surface area contributed by atoms with Crippen LogP contribution in [0.1, 0.15) is 17.3 Å². The minimum atomic E-state index is -0.951. The first-order chi connectivity index (χ1) is 4.74. The number of carbonyl (C=O) groups is 1. The van der Waals surface area contributed by atoms with Crippen molar-refractivity contribution >= 4 is 5.97 Å². The SMILES string of the molecule is C[CH]n1cc(C(=O)O)cn1. The van der Waals surface area contributed by atoms with Gasteiger partial charge in [0, 0.05) is 6.20 Å². The van der Waals surface area contributed by atoms with E-state index in [1.807, 2.05) is 0 Å². The summed E-state index contributed by atoms with van der Waals surface area (Å²) in [4.78, 5) is 10.3. The van der Waals surface area contributed by atoms with E-state index in [-0.39, 0.29) is 5.56 Å². The molecule has 1 radical (unpaired) electrons. The van der Waals surface area contributed by atoms with Crippen molar-refractivity contribution in [3.63, 3.8) is 0 Å². The van der Waals surface area contributed by atoms with Crippen LogP contribution >= 0.6 is 0 Å². The lowest BCUT2D eigenvalue weighted by Crippen LogP contribution is -1.93. The predicted molar refractivity (Wildman–Crippen MR) is 34.6 cm³/mol. The first kappa shape index (κ1) is 6.80. The highest BCUT2D eigenvalue weighted by Gasteiger charge is 2.03. The smallest absolute Gasteiger partial charge is 0.338 e. The van der Waals surface area contributed by atoms with Gasteiger partial charge >= 0.3 is 5.97 Å². The molecule has 0 atom stereocenters. The molecule has 1 rings (SSSR count). The fourth-order valence-electron chi connectivity index (χ4n) is 0.590. The van der Waals surface area contributed by atoms with Crippen LogP contribution < -0.4 is 0 Å². The Labute approximate surface area is 58.1 Å². The zero-order valence-corrected chi connectivity index (χ0v) is 5.48. The molecule has 53 valence electrons. The van der Waals surface area contributed by atoms with Gasteiger partial charge in [-0.25, -0.2) is 4.79 Å². The largest absolute Gasteiger partial charge is 0.478 e. The number of hydrogen-bond acceptors (Lipinski definition) is 2. The summed E-state index contributed by atoms with van der Waals surface area (Å²) in [6.07, 6.45) is 2.75. The maximum absolute atomic E-state index is 10.3. The molecule has 0 aliphatic carbocycles. The molecule has 0 fully saturated rings. The van der Waals surface area contributed by atoms with Crippen LogP contribution in [0.5, 0.6) is 0 Å². The van der Waals surface area contributed by atoms with E-state index >= 15 is 0 Å². The van der Waals surface area contributed by atoms with E-state index in [0.717, 1.165) is 0 Å². The van der Waals surface area contributed by atoms with Crippen LogP contribution in [0.2, 0.25) is 0 Å². The molecule has 1 aromatic heterocycles. The van der Waals surface area contributed by atoms with Crippen molar-refractivity contribution in [3.05, 3.63) is 24.5 Å². The Kier molecular flexibility index (Phi) is 1.71. The van der Waals surface area contributed by atoms with Crippen LogP contribution in [-0.2, 0) is 0 Å². The number of nitrogens with zero attached hydrogens (tertiary/aromatic N) is 2. The lowest BCUT2D eigenvalue weighted by molar-refractivity contribution is 0.0697. The third-order valence-corrected chi connectivity index (χ3v) is 1.11. The molecule has 0 aliphatic heterocycles. The summed E-state index contributed by atoms with van der Waals surface area (Å²) < 4.78 is 1.45. The Bertz CT molecular complexity index is 242. The van der Waals surface area contributed by atoms with Crippen LogP contribution in [-0.4, -0.2) is 20.9 Å². The van der Waals surface area contributed by atoms with Crippen LogP contribution in [0.25, 0.3) is 0 Å². The standard InChI is InChI=1S/C6H7N2O2/c1-2-8-4-5(3-7-8)6(9)10/h2-4H,1H3,(H,9,10). The quantitative estimate of drug-likeness (QED) is 0.653. The van der Waals surface area contributed by atoms with Gasteiger partial charge in [0.15, 0.2) is 0 Å². The van der Waals surface area contributed by atoms with Gasteiger partial charge in [-0.05, 0) is 6.92 Å². The summed E-state index contributed by atoms with van der Waals surface area (Å²) in [7, 11) is 0. The van der Waals surface area contributed by atoms with Gasteiger partial charge in [0.05, 0.1) is 18.3 Å². The number of hydrogen-bond donors (Lipinski definition) is 1. The zero-order valence-electron chi connectivity index (χ0n) is 5.48. The lowest BCUT2D eigenvalue weighted by atomic mass is 10.4. The first-order valence-corrected chi connectivity index (χ1v) is 2.81. The molecule has 1 heterocycles. The van der Waals surface area contributed by atoms with Gasteiger partial charge in [0.1, 0.15) is 0 Å². The monoisotopic (exact) mass is 139 g/mol. The minimum Gasteiger partial charge on any atom is -0.478 e. The number of rotatable bonds is 2. The molecule has 0 saturated carbocycles. The van der Waals surface area contributed by atoms with Crippen molar-refractivity contribution in [2.75, 3.05) is 0 Å². The molecule has 0 spiro atoms. The van der Waals surface area contributed by atoms with Crippen LogP contribution in [0.3, 0.4) is 0 Å². The van der Waals surface area contributed by atoms with Gasteiger partial charge in [0.25, 0.3) is 0 Å². The maximum atomic E-state index is 10.3. The van der Waals surface area contributed by atoms with Crippen molar-refractivity contribution in [1.29, 1.82) is 0 Å². The van der Waals surface area contributed by atoms with E-state index in [1.54, 1.807) is 13.5 Å². The van der Waals surface area contributed by atoms with Crippen LogP contribution in [0.15, 0.2) is 12.4 Å². The van der Waals surface area contributed by atoms with Crippen molar-refractivity contribution in [2.24, 2.45) is 0 Å². The van der Waals surface area contributed by atoms with Gasteiger partial charge in [-0.15, -0.1) is 0 Å². The van der Waals surface area contributed by atoms with Crippen molar-refractivity contribution in [2.45, 2.75) is 6.92 Å². The summed E-state index contributed by atoms with van der Waals surface area (Å²) in [6, 6.07) is 0. The Morgan fingerprint density at radius 2 is 2.60 bits per heavy atom. The molecule has 0 amide bonds. The highest BCUT2D eigenvalue weighted by atomic mass is 16.4. The molecular weight excluding hydrogens is 132 g/mol. The Balaban J connectivity index is 2.88. The number of aromatic carboxylic acids is 1. The van der Waals surface area contributed by atoms with E-state index in [9.17, 15) is 4.79 Å². The highest BCUT2D eigenvalue weighted by Crippen LogP contribution is 1.96. The summed E-state index contributed by atoms with van der Waals surface area (Å²) >= 11 is 0. The van der Waals surface area contributed by atoms with Gasteiger partial charge in [-0.2, -0.15) is 5.10 Å². The summed E-state index contributed by atoms with van der Waals surface area (Å²) in [5, 5.41) is 12.2. The third-order valence-electron chi connectivity index (χ3n) is 1.11. The van der Waals surface area contributed by atoms with Gasteiger partial charge in [-0.1, -0.05) is 0 Å². The second kappa shape index (κ2) is 2.51. The molecule has 4 nitrogen and oxygen atoms in total. The Hall–Kier alpha value is -1.32. The van der Waals surface area contributed by atoms with Gasteiger partial charge in [0.2, 0.25) is 0 Å². The molecular formula is C6H7N2O2. The molecule has 0 saturated heterocycles. The molecule has 4 heteroatoms. The minimum absolute atomic E-state index is 0.207. The average Bonchev–Trinajstić information content (AvgIpc) is 2.34. The fourth-order valence-corrected chi connectivity index (χ4v) is 0.590. The zero-order chi connectivity index (χ0) is 7.56. The average molecular weight is 139 g/mol. The highest BCUT2D eigenvalue weighted by molar-refractivity contribution is 5.86. The van der Waals surface area contributed by atoms with E-state index in [2.05, 4.69) is 5.10 Å².